The van der Waals surface area contributed by atoms with Gasteiger partial charge in [-0.1, -0.05) is 0 Å². The van der Waals surface area contributed by atoms with Gasteiger partial charge in [-0.2, -0.15) is 0 Å². The normalized spacial score (nSPS) is 18.5. The van der Waals surface area contributed by atoms with E-state index in [1.54, 1.807) is 6.20 Å². The van der Waals surface area contributed by atoms with E-state index in [9.17, 15) is 9.50 Å². The van der Waals surface area contributed by atoms with E-state index >= 15 is 0 Å². The van der Waals surface area contributed by atoms with Crippen molar-refractivity contribution in [3.05, 3.63) is 29.8 Å². The zero-order valence-corrected chi connectivity index (χ0v) is 8.54. The van der Waals surface area contributed by atoms with Gasteiger partial charge < -0.3 is 10.4 Å². The van der Waals surface area contributed by atoms with E-state index < -0.39 is 5.60 Å². The molecule has 0 saturated heterocycles. The minimum Gasteiger partial charge on any atom is -0.389 e. The first-order valence-electron chi connectivity index (χ1n) is 5.21. The van der Waals surface area contributed by atoms with Crippen molar-refractivity contribution in [1.82, 2.24) is 10.3 Å². The molecule has 0 unspecified atom stereocenters. The molecule has 15 heavy (non-hydrogen) atoms. The van der Waals surface area contributed by atoms with E-state index in [1.165, 1.54) is 12.3 Å². The van der Waals surface area contributed by atoms with Gasteiger partial charge in [0.05, 0.1) is 11.8 Å². The predicted molar refractivity (Wildman–Crippen MR) is 54.7 cm³/mol. The summed E-state index contributed by atoms with van der Waals surface area (Å²) in [6.45, 7) is 1.12. The highest BCUT2D eigenvalue weighted by molar-refractivity contribution is 5.09. The van der Waals surface area contributed by atoms with Gasteiger partial charge in [-0.05, 0) is 30.9 Å². The van der Waals surface area contributed by atoms with Crippen molar-refractivity contribution in [2.45, 2.75) is 31.4 Å². The van der Waals surface area contributed by atoms with Crippen LogP contribution in [0.25, 0.3) is 0 Å². The topological polar surface area (TPSA) is 45.1 Å². The van der Waals surface area contributed by atoms with Crippen LogP contribution in [-0.4, -0.2) is 22.2 Å². The Bertz CT molecular complexity index is 339. The average molecular weight is 210 g/mol. The van der Waals surface area contributed by atoms with Crippen molar-refractivity contribution in [2.24, 2.45) is 0 Å². The maximum atomic E-state index is 12.8. The van der Waals surface area contributed by atoms with Crippen molar-refractivity contribution in [3.8, 4) is 0 Å². The van der Waals surface area contributed by atoms with Crippen LogP contribution in [0.15, 0.2) is 18.5 Å². The fraction of sp³-hybridized carbons (Fsp3) is 0.545. The van der Waals surface area contributed by atoms with Crippen LogP contribution in [0.2, 0.25) is 0 Å². The Labute approximate surface area is 88.3 Å². The van der Waals surface area contributed by atoms with Gasteiger partial charge in [-0.15, -0.1) is 0 Å². The Morgan fingerprint density at radius 3 is 2.87 bits per heavy atom. The number of pyridine rings is 1. The summed E-state index contributed by atoms with van der Waals surface area (Å²) in [4.78, 5) is 3.76. The largest absolute Gasteiger partial charge is 0.389 e. The number of rotatable bonds is 4. The fourth-order valence-corrected chi connectivity index (χ4v) is 1.75. The first-order chi connectivity index (χ1) is 7.18. The monoisotopic (exact) mass is 210 g/mol. The number of nitrogens with one attached hydrogen (secondary N) is 1. The van der Waals surface area contributed by atoms with Crippen molar-refractivity contribution in [3.63, 3.8) is 0 Å². The molecule has 1 aliphatic rings. The van der Waals surface area contributed by atoms with Gasteiger partial charge >= 0.3 is 0 Å². The summed E-state index contributed by atoms with van der Waals surface area (Å²) in [7, 11) is 0. The Morgan fingerprint density at radius 1 is 1.47 bits per heavy atom. The minimum absolute atomic E-state index is 0.323. The van der Waals surface area contributed by atoms with Crippen LogP contribution in [0.3, 0.4) is 0 Å². The molecule has 1 aliphatic carbocycles. The molecule has 1 saturated carbocycles. The molecule has 1 fully saturated rings. The lowest BCUT2D eigenvalue weighted by molar-refractivity contribution is -0.0314. The number of nitrogens with zero attached hydrogens (tertiary/aromatic N) is 1. The van der Waals surface area contributed by atoms with Gasteiger partial charge in [-0.25, -0.2) is 4.39 Å². The molecule has 0 atom stereocenters. The van der Waals surface area contributed by atoms with E-state index in [1.807, 2.05) is 0 Å². The van der Waals surface area contributed by atoms with Gasteiger partial charge in [0, 0.05) is 19.3 Å². The summed E-state index contributed by atoms with van der Waals surface area (Å²) in [6, 6.07) is 1.45. The van der Waals surface area contributed by atoms with Crippen LogP contribution < -0.4 is 5.32 Å². The smallest absolute Gasteiger partial charge is 0.141 e. The van der Waals surface area contributed by atoms with Crippen LogP contribution in [0, 0.1) is 5.82 Å². The molecule has 0 spiro atoms. The zero-order chi connectivity index (χ0) is 10.7. The highest BCUT2D eigenvalue weighted by atomic mass is 19.1. The Hall–Kier alpha value is -1.00. The highest BCUT2D eigenvalue weighted by Crippen LogP contribution is 2.30. The van der Waals surface area contributed by atoms with Crippen LogP contribution in [0.5, 0.6) is 0 Å². The standard InChI is InChI=1S/C11H15FN2O/c12-10-4-9(5-13-7-10)6-14-8-11(15)2-1-3-11/h4-5,7,14-15H,1-3,6,8H2. The molecule has 0 radical (unpaired) electrons. The molecular weight excluding hydrogens is 195 g/mol. The lowest BCUT2D eigenvalue weighted by atomic mass is 9.80. The minimum atomic E-state index is -0.527. The third kappa shape index (κ3) is 2.73. The lowest BCUT2D eigenvalue weighted by Gasteiger charge is -2.36. The Balaban J connectivity index is 1.78. The summed E-state index contributed by atoms with van der Waals surface area (Å²) in [6.07, 6.45) is 5.63. The summed E-state index contributed by atoms with van der Waals surface area (Å²) in [5, 5.41) is 12.9. The molecule has 2 rings (SSSR count). The third-order valence-electron chi connectivity index (χ3n) is 2.83. The van der Waals surface area contributed by atoms with Crippen molar-refractivity contribution >= 4 is 0 Å². The second kappa shape index (κ2) is 4.24. The zero-order valence-electron chi connectivity index (χ0n) is 8.54. The maximum Gasteiger partial charge on any atom is 0.141 e. The second-order valence-electron chi connectivity index (χ2n) is 4.19. The molecule has 0 aliphatic heterocycles. The summed E-state index contributed by atoms with van der Waals surface area (Å²) >= 11 is 0. The first-order valence-corrected chi connectivity index (χ1v) is 5.21. The highest BCUT2D eigenvalue weighted by Gasteiger charge is 2.33. The van der Waals surface area contributed by atoms with Gasteiger partial charge in [-0.3, -0.25) is 4.98 Å². The molecule has 4 heteroatoms. The molecule has 82 valence electrons. The van der Waals surface area contributed by atoms with Gasteiger partial charge in [0.1, 0.15) is 5.82 Å². The summed E-state index contributed by atoms with van der Waals surface area (Å²) < 4.78 is 12.8. The van der Waals surface area contributed by atoms with E-state index in [-0.39, 0.29) is 5.82 Å². The average Bonchev–Trinajstić information content (AvgIpc) is 2.15. The van der Waals surface area contributed by atoms with Crippen LogP contribution in [-0.2, 0) is 6.54 Å². The molecule has 2 N–H and O–H groups in total. The number of hydrogen-bond donors (Lipinski definition) is 2. The molecular formula is C11H15FN2O. The first kappa shape index (κ1) is 10.5. The SMILES string of the molecule is OC1(CNCc2cncc(F)c2)CCC1. The van der Waals surface area contributed by atoms with E-state index in [0.29, 0.717) is 13.1 Å². The van der Waals surface area contributed by atoms with Crippen molar-refractivity contribution in [2.75, 3.05) is 6.54 Å². The molecule has 1 aromatic rings. The second-order valence-corrected chi connectivity index (χ2v) is 4.19. The van der Waals surface area contributed by atoms with E-state index in [0.717, 1.165) is 24.8 Å². The van der Waals surface area contributed by atoms with E-state index in [2.05, 4.69) is 10.3 Å². The van der Waals surface area contributed by atoms with Crippen LogP contribution in [0.1, 0.15) is 24.8 Å². The van der Waals surface area contributed by atoms with Gasteiger partial charge in [0.2, 0.25) is 0 Å². The van der Waals surface area contributed by atoms with Crippen LogP contribution >= 0.6 is 0 Å². The Kier molecular flexibility index (Phi) is 2.98. The third-order valence-corrected chi connectivity index (χ3v) is 2.83. The van der Waals surface area contributed by atoms with Gasteiger partial charge in [0.15, 0.2) is 0 Å². The number of hydrogen-bond acceptors (Lipinski definition) is 3. The number of aromatic nitrogens is 1. The van der Waals surface area contributed by atoms with Gasteiger partial charge in [0.25, 0.3) is 0 Å². The Morgan fingerprint density at radius 2 is 2.27 bits per heavy atom. The molecule has 1 aromatic heterocycles. The quantitative estimate of drug-likeness (QED) is 0.785. The summed E-state index contributed by atoms with van der Waals surface area (Å²) in [5.41, 5.74) is 0.277. The molecule has 0 bridgehead atoms. The molecule has 1 heterocycles. The number of halogens is 1. The lowest BCUT2D eigenvalue weighted by Crippen LogP contribution is -2.45. The fourth-order valence-electron chi connectivity index (χ4n) is 1.75. The predicted octanol–water partition coefficient (Wildman–Crippen LogP) is 1.23. The van der Waals surface area contributed by atoms with Crippen LogP contribution in [0.4, 0.5) is 4.39 Å². The molecule has 0 aromatic carbocycles. The molecule has 0 amide bonds. The maximum absolute atomic E-state index is 12.8. The van der Waals surface area contributed by atoms with E-state index in [4.69, 9.17) is 0 Å². The van der Waals surface area contributed by atoms with Crippen molar-refractivity contribution in [1.29, 1.82) is 0 Å². The number of aliphatic hydroxyl groups is 1. The molecule has 3 nitrogen and oxygen atoms in total. The summed E-state index contributed by atoms with van der Waals surface area (Å²) in [5.74, 6) is -0.323. The van der Waals surface area contributed by atoms with Crippen molar-refractivity contribution < 1.29 is 9.50 Å².